The van der Waals surface area contributed by atoms with Crippen molar-refractivity contribution >= 4 is 33.3 Å². The fraction of sp³-hybridized carbons (Fsp3) is 0.190. The molecule has 1 amide bonds. The van der Waals surface area contributed by atoms with Crippen molar-refractivity contribution in [1.29, 1.82) is 0 Å². The van der Waals surface area contributed by atoms with Gasteiger partial charge in [-0.05, 0) is 31.7 Å². The van der Waals surface area contributed by atoms with Crippen molar-refractivity contribution in [1.82, 2.24) is 15.0 Å². The highest BCUT2D eigenvalue weighted by atomic mass is 32.1. The molecule has 0 aliphatic rings. The van der Waals surface area contributed by atoms with E-state index in [2.05, 4.69) is 16.5 Å². The van der Waals surface area contributed by atoms with Gasteiger partial charge in [0.1, 0.15) is 16.8 Å². The number of amides is 1. The highest BCUT2D eigenvalue weighted by molar-refractivity contribution is 7.18. The number of aromatic nitrogens is 2. The first-order valence-electron chi connectivity index (χ1n) is 8.94. The van der Waals surface area contributed by atoms with Gasteiger partial charge in [-0.25, -0.2) is 4.98 Å². The Kier molecular flexibility index (Phi) is 5.18. The molecule has 2 heterocycles. The number of hydrogen-bond donors (Lipinski definition) is 1. The maximum atomic E-state index is 13.1. The number of thiazole rings is 1. The molecule has 142 valence electrons. The van der Waals surface area contributed by atoms with E-state index in [1.165, 1.54) is 0 Å². The molecule has 4 rings (SSSR count). The van der Waals surface area contributed by atoms with Gasteiger partial charge >= 0.3 is 0 Å². The van der Waals surface area contributed by atoms with E-state index in [0.29, 0.717) is 18.1 Å². The van der Waals surface area contributed by atoms with Gasteiger partial charge in [0, 0.05) is 6.07 Å². The second-order valence-electron chi connectivity index (χ2n) is 6.62. The second-order valence-corrected chi connectivity index (χ2v) is 7.73. The molecule has 0 aliphatic heterocycles. The molecule has 4 aromatic rings. The Bertz CT molecular complexity index is 1060. The number of benzene rings is 2. The highest BCUT2D eigenvalue weighted by Crippen LogP contribution is 2.27. The number of carbonyl (C=O) groups is 1. The summed E-state index contributed by atoms with van der Waals surface area (Å²) in [6, 6.07) is 19.0. The zero-order valence-corrected chi connectivity index (χ0v) is 16.4. The van der Waals surface area contributed by atoms with Crippen LogP contribution in [0, 0.1) is 6.92 Å². The largest absolute Gasteiger partial charge is 0.360 e. The van der Waals surface area contributed by atoms with E-state index >= 15 is 0 Å². The lowest BCUT2D eigenvalue weighted by Gasteiger charge is -2.26. The van der Waals surface area contributed by atoms with E-state index in [9.17, 15) is 4.79 Å². The molecule has 0 saturated heterocycles. The van der Waals surface area contributed by atoms with Crippen molar-refractivity contribution in [2.75, 3.05) is 12.4 Å². The Morgan fingerprint density at radius 1 is 1.18 bits per heavy atom. The number of hydrogen-bond acceptors (Lipinski definition) is 6. The number of rotatable bonds is 6. The predicted molar refractivity (Wildman–Crippen MR) is 110 cm³/mol. The van der Waals surface area contributed by atoms with Gasteiger partial charge in [-0.1, -0.05) is 47.6 Å². The van der Waals surface area contributed by atoms with Gasteiger partial charge in [-0.15, -0.1) is 11.3 Å². The van der Waals surface area contributed by atoms with Crippen LogP contribution >= 0.6 is 11.3 Å². The van der Waals surface area contributed by atoms with Crippen LogP contribution in [0.3, 0.4) is 0 Å². The molecule has 2 aromatic carbocycles. The van der Waals surface area contributed by atoms with Crippen LogP contribution in [-0.2, 0) is 11.3 Å². The molecule has 0 aliphatic carbocycles. The van der Waals surface area contributed by atoms with Crippen LogP contribution in [0.4, 0.5) is 5.82 Å². The SMILES string of the molecule is Cc1cc(NC(=O)[C@@H](c2ccccc2)N(C)Cc2nc3ccccc3s2)no1. The average molecular weight is 392 g/mol. The zero-order chi connectivity index (χ0) is 19.5. The third-order valence-electron chi connectivity index (χ3n) is 4.41. The topological polar surface area (TPSA) is 71.3 Å². The number of likely N-dealkylation sites (N-methyl/N-ethyl adjacent to an activating group) is 1. The summed E-state index contributed by atoms with van der Waals surface area (Å²) in [4.78, 5) is 19.8. The first-order valence-corrected chi connectivity index (χ1v) is 9.75. The van der Waals surface area contributed by atoms with Crippen molar-refractivity contribution in [2.45, 2.75) is 19.5 Å². The molecule has 0 bridgehead atoms. The summed E-state index contributed by atoms with van der Waals surface area (Å²) >= 11 is 1.65. The van der Waals surface area contributed by atoms with Crippen LogP contribution in [0.1, 0.15) is 22.4 Å². The summed E-state index contributed by atoms with van der Waals surface area (Å²) in [6.07, 6.45) is 0. The van der Waals surface area contributed by atoms with E-state index in [1.807, 2.05) is 60.5 Å². The Morgan fingerprint density at radius 2 is 1.93 bits per heavy atom. The van der Waals surface area contributed by atoms with E-state index < -0.39 is 6.04 Å². The molecular weight excluding hydrogens is 372 g/mol. The Balaban J connectivity index is 1.59. The summed E-state index contributed by atoms with van der Waals surface area (Å²) in [6.45, 7) is 2.35. The van der Waals surface area contributed by atoms with Gasteiger partial charge < -0.3 is 9.84 Å². The molecule has 0 unspecified atom stereocenters. The molecule has 7 heteroatoms. The van der Waals surface area contributed by atoms with Gasteiger partial charge in [0.15, 0.2) is 5.82 Å². The van der Waals surface area contributed by atoms with Crippen LogP contribution in [-0.4, -0.2) is 28.0 Å². The van der Waals surface area contributed by atoms with Crippen LogP contribution in [0.25, 0.3) is 10.2 Å². The van der Waals surface area contributed by atoms with Crippen molar-refractivity contribution in [3.05, 3.63) is 77.0 Å². The fourth-order valence-electron chi connectivity index (χ4n) is 3.15. The first kappa shape index (κ1) is 18.3. The number of carbonyl (C=O) groups excluding carboxylic acids is 1. The summed E-state index contributed by atoms with van der Waals surface area (Å²) in [7, 11) is 1.93. The van der Waals surface area contributed by atoms with Crippen LogP contribution in [0.2, 0.25) is 0 Å². The van der Waals surface area contributed by atoms with Gasteiger partial charge in [0.25, 0.3) is 0 Å². The zero-order valence-electron chi connectivity index (χ0n) is 15.6. The molecular formula is C21H20N4O2S. The molecule has 0 saturated carbocycles. The molecule has 6 nitrogen and oxygen atoms in total. The lowest BCUT2D eigenvalue weighted by Crippen LogP contribution is -2.34. The summed E-state index contributed by atoms with van der Waals surface area (Å²) in [5, 5.41) is 7.69. The van der Waals surface area contributed by atoms with Crippen LogP contribution < -0.4 is 5.32 Å². The second kappa shape index (κ2) is 7.92. The monoisotopic (exact) mass is 392 g/mol. The van der Waals surface area contributed by atoms with Gasteiger partial charge in [-0.3, -0.25) is 9.69 Å². The van der Waals surface area contributed by atoms with E-state index in [-0.39, 0.29) is 5.91 Å². The first-order chi connectivity index (χ1) is 13.6. The number of para-hydroxylation sites is 1. The van der Waals surface area contributed by atoms with E-state index in [1.54, 1.807) is 24.3 Å². The quantitative estimate of drug-likeness (QED) is 0.526. The van der Waals surface area contributed by atoms with E-state index in [4.69, 9.17) is 9.51 Å². The van der Waals surface area contributed by atoms with Crippen molar-refractivity contribution in [2.24, 2.45) is 0 Å². The Labute approximate surface area is 166 Å². The predicted octanol–water partition coefficient (Wildman–Crippen LogP) is 4.40. The molecule has 0 fully saturated rings. The number of nitrogens with zero attached hydrogens (tertiary/aromatic N) is 3. The third kappa shape index (κ3) is 3.95. The normalized spacial score (nSPS) is 12.4. The highest BCUT2D eigenvalue weighted by Gasteiger charge is 2.26. The number of anilines is 1. The fourth-order valence-corrected chi connectivity index (χ4v) is 4.18. The Hall–Kier alpha value is -3.03. The molecule has 28 heavy (non-hydrogen) atoms. The summed E-state index contributed by atoms with van der Waals surface area (Å²) in [5.41, 5.74) is 1.89. The summed E-state index contributed by atoms with van der Waals surface area (Å²) < 4.78 is 6.20. The van der Waals surface area contributed by atoms with Gasteiger partial charge in [0.2, 0.25) is 5.91 Å². The van der Waals surface area contributed by atoms with Gasteiger partial charge in [0.05, 0.1) is 16.8 Å². The van der Waals surface area contributed by atoms with E-state index in [0.717, 1.165) is 20.8 Å². The van der Waals surface area contributed by atoms with Crippen LogP contribution in [0.15, 0.2) is 65.2 Å². The minimum absolute atomic E-state index is 0.164. The number of fused-ring (bicyclic) bond motifs is 1. The lowest BCUT2D eigenvalue weighted by atomic mass is 10.0. The minimum Gasteiger partial charge on any atom is -0.360 e. The maximum Gasteiger partial charge on any atom is 0.247 e. The van der Waals surface area contributed by atoms with Crippen molar-refractivity contribution in [3.8, 4) is 0 Å². The standard InChI is InChI=1S/C21H20N4O2S/c1-14-12-18(24-27-14)23-21(26)20(15-8-4-3-5-9-15)25(2)13-19-22-16-10-6-7-11-17(16)28-19/h3-12,20H,13H2,1-2H3,(H,23,24,26)/t20-/m1/s1. The smallest absolute Gasteiger partial charge is 0.247 e. The molecule has 0 radical (unpaired) electrons. The van der Waals surface area contributed by atoms with Crippen molar-refractivity contribution < 1.29 is 9.32 Å². The third-order valence-corrected chi connectivity index (χ3v) is 5.43. The van der Waals surface area contributed by atoms with Gasteiger partial charge in [-0.2, -0.15) is 0 Å². The Morgan fingerprint density at radius 3 is 2.64 bits per heavy atom. The maximum absolute atomic E-state index is 13.1. The molecule has 2 aromatic heterocycles. The minimum atomic E-state index is -0.481. The number of aryl methyl sites for hydroxylation is 1. The molecule has 0 spiro atoms. The average Bonchev–Trinajstić information content (AvgIpc) is 3.27. The lowest BCUT2D eigenvalue weighted by molar-refractivity contribution is -0.121. The molecule has 1 atom stereocenters. The van der Waals surface area contributed by atoms with Crippen LogP contribution in [0.5, 0.6) is 0 Å². The molecule has 1 N–H and O–H groups in total. The van der Waals surface area contributed by atoms with Crippen molar-refractivity contribution in [3.63, 3.8) is 0 Å². The number of nitrogens with one attached hydrogen (secondary N) is 1. The summed E-state index contributed by atoms with van der Waals surface area (Å²) in [5.74, 6) is 0.898.